The number of amides is 1. The van der Waals surface area contributed by atoms with E-state index in [-0.39, 0.29) is 18.5 Å². The Hall–Kier alpha value is -1.14. The van der Waals surface area contributed by atoms with E-state index in [4.69, 9.17) is 4.74 Å². The summed E-state index contributed by atoms with van der Waals surface area (Å²) >= 11 is 0. The molecule has 0 heterocycles. The zero-order valence-electron chi connectivity index (χ0n) is 37.2. The summed E-state index contributed by atoms with van der Waals surface area (Å²) in [6.07, 6.45) is 49.2. The number of esters is 1. The summed E-state index contributed by atoms with van der Waals surface area (Å²) in [5, 5.41) is 23.2. The summed E-state index contributed by atoms with van der Waals surface area (Å²) in [5.74, 6) is -0.0824. The largest absolute Gasteiger partial charge is 0.466 e. The lowest BCUT2D eigenvalue weighted by molar-refractivity contribution is -0.143. The van der Waals surface area contributed by atoms with Gasteiger partial charge in [-0.1, -0.05) is 239 Å². The van der Waals surface area contributed by atoms with Crippen molar-refractivity contribution in [3.63, 3.8) is 0 Å². The van der Waals surface area contributed by atoms with Crippen molar-refractivity contribution in [2.75, 3.05) is 13.2 Å². The van der Waals surface area contributed by atoms with E-state index in [1.807, 2.05) is 0 Å². The van der Waals surface area contributed by atoms with Gasteiger partial charge in [0.25, 0.3) is 0 Å². The number of carbonyl (C=O) groups excluding carboxylic acids is 2. The van der Waals surface area contributed by atoms with Gasteiger partial charge in [0, 0.05) is 12.8 Å². The molecule has 0 bridgehead atoms. The first-order valence-corrected chi connectivity index (χ1v) is 24.8. The molecule has 0 spiro atoms. The maximum Gasteiger partial charge on any atom is 0.305 e. The van der Waals surface area contributed by atoms with Crippen LogP contribution in [0.1, 0.15) is 277 Å². The molecule has 1 amide bonds. The SMILES string of the molecule is CCCCCCCCCCCCCCCCCC(O)C(CO)NC(=O)CCCCCCCCCCCOC(=O)CCCCCCCCCCCCCCCC. The predicted octanol–water partition coefficient (Wildman–Crippen LogP) is 14.4. The van der Waals surface area contributed by atoms with Gasteiger partial charge in [-0.25, -0.2) is 0 Å². The van der Waals surface area contributed by atoms with E-state index in [1.54, 1.807) is 0 Å². The van der Waals surface area contributed by atoms with Gasteiger partial charge < -0.3 is 20.3 Å². The first-order chi connectivity index (χ1) is 27.0. The Morgan fingerprint density at radius 1 is 0.436 bits per heavy atom. The Morgan fingerprint density at radius 3 is 1.11 bits per heavy atom. The summed E-state index contributed by atoms with van der Waals surface area (Å²) in [5.41, 5.74) is 0. The Kier molecular flexibility index (Phi) is 44.6. The molecule has 6 nitrogen and oxygen atoms in total. The second kappa shape index (κ2) is 45.6. The molecule has 6 heteroatoms. The molecule has 0 aliphatic carbocycles. The molecule has 0 aliphatic rings. The topological polar surface area (TPSA) is 95.9 Å². The molecule has 328 valence electrons. The smallest absolute Gasteiger partial charge is 0.305 e. The van der Waals surface area contributed by atoms with Crippen molar-refractivity contribution in [2.45, 2.75) is 289 Å². The van der Waals surface area contributed by atoms with Crippen LogP contribution < -0.4 is 5.32 Å². The monoisotopic (exact) mass is 780 g/mol. The minimum Gasteiger partial charge on any atom is -0.466 e. The number of unbranched alkanes of at least 4 members (excludes halogenated alkanes) is 35. The number of nitrogens with one attached hydrogen (secondary N) is 1. The summed E-state index contributed by atoms with van der Waals surface area (Å²) in [6.45, 7) is 4.90. The predicted molar refractivity (Wildman–Crippen MR) is 237 cm³/mol. The van der Waals surface area contributed by atoms with E-state index in [9.17, 15) is 19.8 Å². The van der Waals surface area contributed by atoms with Crippen molar-refractivity contribution in [3.8, 4) is 0 Å². The molecule has 2 unspecified atom stereocenters. The van der Waals surface area contributed by atoms with E-state index < -0.39 is 12.1 Å². The summed E-state index contributed by atoms with van der Waals surface area (Å²) in [7, 11) is 0. The van der Waals surface area contributed by atoms with Crippen LogP contribution >= 0.6 is 0 Å². The quantitative estimate of drug-likeness (QED) is 0.0422. The van der Waals surface area contributed by atoms with Gasteiger partial charge in [0.2, 0.25) is 5.91 Å². The van der Waals surface area contributed by atoms with Gasteiger partial charge in [0.05, 0.1) is 25.4 Å². The Bertz CT molecular complexity index is 776. The first kappa shape index (κ1) is 53.9. The number of aliphatic hydroxyl groups is 2. The highest BCUT2D eigenvalue weighted by Gasteiger charge is 2.20. The van der Waals surface area contributed by atoms with Crippen LogP contribution in [0.2, 0.25) is 0 Å². The minimum atomic E-state index is -0.679. The fourth-order valence-electron chi connectivity index (χ4n) is 7.82. The van der Waals surface area contributed by atoms with Crippen LogP contribution in [0.15, 0.2) is 0 Å². The molecule has 0 aromatic heterocycles. The average molecular weight is 780 g/mol. The van der Waals surface area contributed by atoms with Gasteiger partial charge in [-0.05, 0) is 25.7 Å². The lowest BCUT2D eigenvalue weighted by Crippen LogP contribution is -2.45. The molecule has 0 aliphatic heterocycles. The van der Waals surface area contributed by atoms with E-state index in [1.165, 1.54) is 186 Å². The van der Waals surface area contributed by atoms with E-state index in [2.05, 4.69) is 19.2 Å². The lowest BCUT2D eigenvalue weighted by atomic mass is 10.0. The molecule has 0 fully saturated rings. The van der Waals surface area contributed by atoms with Crippen molar-refractivity contribution in [1.82, 2.24) is 5.32 Å². The van der Waals surface area contributed by atoms with Gasteiger partial charge in [-0.3, -0.25) is 9.59 Å². The number of carbonyl (C=O) groups is 2. The number of aliphatic hydroxyl groups excluding tert-OH is 2. The third-order valence-corrected chi connectivity index (χ3v) is 11.7. The normalized spacial score (nSPS) is 12.6. The highest BCUT2D eigenvalue weighted by molar-refractivity contribution is 5.76. The van der Waals surface area contributed by atoms with E-state index in [0.29, 0.717) is 25.9 Å². The average Bonchev–Trinajstić information content (AvgIpc) is 3.18. The fourth-order valence-corrected chi connectivity index (χ4v) is 7.82. The van der Waals surface area contributed by atoms with Crippen LogP contribution in [0.4, 0.5) is 0 Å². The van der Waals surface area contributed by atoms with Crippen LogP contribution in [-0.4, -0.2) is 47.4 Å². The summed E-state index contributed by atoms with van der Waals surface area (Å²) < 4.78 is 5.45. The number of hydrogen-bond donors (Lipinski definition) is 3. The maximum atomic E-state index is 12.4. The molecule has 0 saturated carbocycles. The van der Waals surface area contributed by atoms with Gasteiger partial charge in [0.1, 0.15) is 0 Å². The Morgan fingerprint density at radius 2 is 0.745 bits per heavy atom. The molecular formula is C49H97NO5. The van der Waals surface area contributed by atoms with E-state index >= 15 is 0 Å². The van der Waals surface area contributed by atoms with Crippen LogP contribution in [0.5, 0.6) is 0 Å². The molecule has 55 heavy (non-hydrogen) atoms. The summed E-state index contributed by atoms with van der Waals surface area (Å²) in [4.78, 5) is 24.4. The molecule has 0 rings (SSSR count). The summed E-state index contributed by atoms with van der Waals surface area (Å²) in [6, 6.07) is -0.559. The van der Waals surface area contributed by atoms with Crippen molar-refractivity contribution >= 4 is 11.9 Å². The molecule has 3 N–H and O–H groups in total. The lowest BCUT2D eigenvalue weighted by Gasteiger charge is -2.22. The number of ether oxygens (including phenoxy) is 1. The highest BCUT2D eigenvalue weighted by Crippen LogP contribution is 2.17. The fraction of sp³-hybridized carbons (Fsp3) is 0.959. The first-order valence-electron chi connectivity index (χ1n) is 24.8. The molecule has 0 aromatic rings. The molecule has 2 atom stereocenters. The highest BCUT2D eigenvalue weighted by atomic mass is 16.5. The van der Waals surface area contributed by atoms with Crippen LogP contribution in [0, 0.1) is 0 Å². The van der Waals surface area contributed by atoms with Crippen LogP contribution in [0.25, 0.3) is 0 Å². The number of hydrogen-bond acceptors (Lipinski definition) is 5. The second-order valence-electron chi connectivity index (χ2n) is 17.2. The molecule has 0 saturated heterocycles. The minimum absolute atomic E-state index is 0.0221. The maximum absolute atomic E-state index is 12.4. The Balaban J connectivity index is 3.47. The number of rotatable bonds is 46. The zero-order chi connectivity index (χ0) is 40.1. The van der Waals surface area contributed by atoms with Gasteiger partial charge in [0.15, 0.2) is 0 Å². The second-order valence-corrected chi connectivity index (χ2v) is 17.2. The van der Waals surface area contributed by atoms with Crippen LogP contribution in [-0.2, 0) is 14.3 Å². The molecular weight excluding hydrogens is 683 g/mol. The van der Waals surface area contributed by atoms with Gasteiger partial charge in [-0.2, -0.15) is 0 Å². The van der Waals surface area contributed by atoms with Crippen molar-refractivity contribution in [1.29, 1.82) is 0 Å². The van der Waals surface area contributed by atoms with Gasteiger partial charge >= 0.3 is 5.97 Å². The zero-order valence-corrected chi connectivity index (χ0v) is 37.2. The van der Waals surface area contributed by atoms with Gasteiger partial charge in [-0.15, -0.1) is 0 Å². The third-order valence-electron chi connectivity index (χ3n) is 11.7. The van der Waals surface area contributed by atoms with E-state index in [0.717, 1.165) is 57.8 Å². The Labute approximate surface area is 343 Å². The standard InChI is InChI=1S/C49H97NO5/c1-3-5-7-9-11-13-15-17-19-20-22-25-29-33-37-41-47(52)46(45-51)50-48(53)42-38-34-30-26-24-28-32-36-40-44-55-49(54)43-39-35-31-27-23-21-18-16-14-12-10-8-6-4-2/h46-47,51-52H,3-45H2,1-2H3,(H,50,53). The molecule has 0 radical (unpaired) electrons. The van der Waals surface area contributed by atoms with Crippen molar-refractivity contribution < 1.29 is 24.5 Å². The van der Waals surface area contributed by atoms with Crippen molar-refractivity contribution in [3.05, 3.63) is 0 Å². The third kappa shape index (κ3) is 42.3. The molecule has 0 aromatic carbocycles. The van der Waals surface area contributed by atoms with Crippen molar-refractivity contribution in [2.24, 2.45) is 0 Å². The van der Waals surface area contributed by atoms with Crippen LogP contribution in [0.3, 0.4) is 0 Å².